The molecule has 1 aliphatic carbocycles. The van der Waals surface area contributed by atoms with Crippen LogP contribution in [0.25, 0.3) is 0 Å². The van der Waals surface area contributed by atoms with Crippen LogP contribution in [0.4, 0.5) is 4.39 Å². The molecule has 2 rings (SSSR count). The zero-order valence-electron chi connectivity index (χ0n) is 8.86. The van der Waals surface area contributed by atoms with Gasteiger partial charge >= 0.3 is 0 Å². The Morgan fingerprint density at radius 1 is 1.56 bits per heavy atom. The average molecular weight is 226 g/mol. The van der Waals surface area contributed by atoms with Crippen LogP contribution in [0.3, 0.4) is 0 Å². The van der Waals surface area contributed by atoms with Gasteiger partial charge in [0.15, 0.2) is 5.79 Å². The number of hydrogen-bond donors (Lipinski definition) is 2. The number of allylic oxidation sites excluding steroid dienone is 2. The van der Waals surface area contributed by atoms with Gasteiger partial charge in [0, 0.05) is 12.6 Å². The van der Waals surface area contributed by atoms with Crippen LogP contribution < -0.4 is 11.1 Å². The molecule has 0 bridgehead atoms. The Hall–Kier alpha value is -1.20. The fourth-order valence-electron chi connectivity index (χ4n) is 2.02. The second-order valence-electron chi connectivity index (χ2n) is 4.10. The quantitative estimate of drug-likeness (QED) is 0.678. The highest BCUT2D eigenvalue weighted by molar-refractivity contribution is 5.80. The van der Waals surface area contributed by atoms with Gasteiger partial charge in [-0.15, -0.1) is 0 Å². The number of amides is 1. The molecule has 0 aromatic rings. The molecule has 3 atom stereocenters. The highest BCUT2D eigenvalue weighted by Crippen LogP contribution is 2.27. The molecule has 88 valence electrons. The number of nitrogens with two attached hydrogens (primary N) is 1. The van der Waals surface area contributed by atoms with Gasteiger partial charge in [0.25, 0.3) is 0 Å². The molecule has 5 heteroatoms. The molecule has 1 amide bonds. The van der Waals surface area contributed by atoms with Crippen LogP contribution in [0.15, 0.2) is 24.3 Å². The topological polar surface area (TPSA) is 64.4 Å². The zero-order chi connectivity index (χ0) is 11.6. The van der Waals surface area contributed by atoms with Crippen LogP contribution in [-0.2, 0) is 9.53 Å². The van der Waals surface area contributed by atoms with Gasteiger partial charge in [-0.3, -0.25) is 10.1 Å². The molecule has 3 unspecified atom stereocenters. The van der Waals surface area contributed by atoms with E-state index in [0.717, 1.165) is 6.42 Å². The van der Waals surface area contributed by atoms with E-state index in [1.807, 2.05) is 0 Å². The van der Waals surface area contributed by atoms with E-state index in [9.17, 15) is 9.18 Å². The fraction of sp³-hybridized carbons (Fsp3) is 0.545. The maximum atomic E-state index is 14.5. The van der Waals surface area contributed by atoms with E-state index in [0.29, 0.717) is 13.2 Å². The van der Waals surface area contributed by atoms with Crippen molar-refractivity contribution in [3.8, 4) is 0 Å². The molecule has 1 heterocycles. The molecule has 16 heavy (non-hydrogen) atoms. The van der Waals surface area contributed by atoms with Gasteiger partial charge in [0.05, 0.1) is 6.61 Å². The van der Waals surface area contributed by atoms with E-state index < -0.39 is 17.6 Å². The number of alkyl halides is 1. The van der Waals surface area contributed by atoms with Gasteiger partial charge in [-0.2, -0.15) is 0 Å². The number of nitrogens with one attached hydrogen (secondary N) is 1. The van der Waals surface area contributed by atoms with Crippen molar-refractivity contribution in [3.63, 3.8) is 0 Å². The first-order valence-corrected chi connectivity index (χ1v) is 5.31. The van der Waals surface area contributed by atoms with Crippen molar-refractivity contribution < 1.29 is 13.9 Å². The number of carbonyl (C=O) groups is 1. The van der Waals surface area contributed by atoms with Gasteiger partial charge in [0.1, 0.15) is 5.92 Å². The van der Waals surface area contributed by atoms with E-state index >= 15 is 0 Å². The Labute approximate surface area is 93.3 Å². The molecule has 0 saturated carbocycles. The van der Waals surface area contributed by atoms with Gasteiger partial charge in [0.2, 0.25) is 5.91 Å². The number of rotatable bonds is 3. The summed E-state index contributed by atoms with van der Waals surface area (Å²) in [7, 11) is 0. The Bertz CT molecular complexity index is 337. The SMILES string of the molecule is NC(=O)C1C=CC=CC1(F)NC1CCOC1. The lowest BCUT2D eigenvalue weighted by Crippen LogP contribution is -2.54. The van der Waals surface area contributed by atoms with Crippen LogP contribution in [0.5, 0.6) is 0 Å². The summed E-state index contributed by atoms with van der Waals surface area (Å²) < 4.78 is 19.7. The summed E-state index contributed by atoms with van der Waals surface area (Å²) in [5.74, 6) is -3.52. The third-order valence-electron chi connectivity index (χ3n) is 2.87. The van der Waals surface area contributed by atoms with E-state index in [4.69, 9.17) is 10.5 Å². The van der Waals surface area contributed by atoms with E-state index in [1.165, 1.54) is 12.2 Å². The molecule has 4 nitrogen and oxygen atoms in total. The van der Waals surface area contributed by atoms with Crippen molar-refractivity contribution in [2.75, 3.05) is 13.2 Å². The molecule has 0 radical (unpaired) electrons. The average Bonchev–Trinajstić information content (AvgIpc) is 2.69. The minimum Gasteiger partial charge on any atom is -0.380 e. The lowest BCUT2D eigenvalue weighted by molar-refractivity contribution is -0.124. The zero-order valence-corrected chi connectivity index (χ0v) is 8.86. The molecule has 3 N–H and O–H groups in total. The van der Waals surface area contributed by atoms with Gasteiger partial charge in [-0.25, -0.2) is 4.39 Å². The van der Waals surface area contributed by atoms with E-state index in [-0.39, 0.29) is 6.04 Å². The van der Waals surface area contributed by atoms with Crippen LogP contribution in [-0.4, -0.2) is 31.0 Å². The predicted molar refractivity (Wildman–Crippen MR) is 57.2 cm³/mol. The van der Waals surface area contributed by atoms with Crippen molar-refractivity contribution in [2.45, 2.75) is 18.3 Å². The minimum absolute atomic E-state index is 0.0667. The minimum atomic E-state index is -1.89. The Morgan fingerprint density at radius 3 is 3.00 bits per heavy atom. The van der Waals surface area contributed by atoms with Gasteiger partial charge in [-0.1, -0.05) is 18.2 Å². The highest BCUT2D eigenvalue weighted by Gasteiger charge is 2.42. The molecular formula is C11H15FN2O2. The van der Waals surface area contributed by atoms with Gasteiger partial charge in [-0.05, 0) is 12.5 Å². The normalized spacial score (nSPS) is 37.8. The molecule has 1 aliphatic heterocycles. The monoisotopic (exact) mass is 226 g/mol. The molecule has 2 aliphatic rings. The lowest BCUT2D eigenvalue weighted by atomic mass is 9.91. The molecule has 0 aromatic heterocycles. The summed E-state index contributed by atoms with van der Waals surface area (Å²) in [5, 5.41) is 2.80. The smallest absolute Gasteiger partial charge is 0.229 e. The largest absolute Gasteiger partial charge is 0.380 e. The maximum Gasteiger partial charge on any atom is 0.229 e. The molecule has 0 spiro atoms. The van der Waals surface area contributed by atoms with Crippen molar-refractivity contribution in [3.05, 3.63) is 24.3 Å². The van der Waals surface area contributed by atoms with Crippen LogP contribution in [0.1, 0.15) is 6.42 Å². The molecule has 1 saturated heterocycles. The Morgan fingerprint density at radius 2 is 2.38 bits per heavy atom. The number of primary amides is 1. The summed E-state index contributed by atoms with van der Waals surface area (Å²) in [5.41, 5.74) is 5.18. The van der Waals surface area contributed by atoms with Crippen molar-refractivity contribution in [1.82, 2.24) is 5.32 Å². The van der Waals surface area contributed by atoms with E-state index in [1.54, 1.807) is 12.2 Å². The van der Waals surface area contributed by atoms with Crippen LogP contribution in [0, 0.1) is 5.92 Å². The highest BCUT2D eigenvalue weighted by atomic mass is 19.1. The number of halogens is 1. The third-order valence-corrected chi connectivity index (χ3v) is 2.87. The molecule has 0 aromatic carbocycles. The fourth-order valence-corrected chi connectivity index (χ4v) is 2.02. The summed E-state index contributed by atoms with van der Waals surface area (Å²) in [6.45, 7) is 1.09. The maximum absolute atomic E-state index is 14.5. The first-order chi connectivity index (χ1) is 7.62. The summed E-state index contributed by atoms with van der Waals surface area (Å²) in [4.78, 5) is 11.2. The van der Waals surface area contributed by atoms with E-state index in [2.05, 4.69) is 5.32 Å². The predicted octanol–water partition coefficient (Wildman–Crippen LogP) is 0.258. The number of hydrogen-bond acceptors (Lipinski definition) is 3. The van der Waals surface area contributed by atoms with Crippen LogP contribution >= 0.6 is 0 Å². The van der Waals surface area contributed by atoms with Crippen molar-refractivity contribution >= 4 is 5.91 Å². The standard InChI is InChI=1S/C11H15FN2O2/c12-11(14-8-4-6-16-7-8)5-2-1-3-9(11)10(13)15/h1-3,5,8-9,14H,4,6-7H2,(H2,13,15). The Kier molecular flexibility index (Phi) is 3.07. The Balaban J connectivity index is 2.10. The molecular weight excluding hydrogens is 211 g/mol. The second kappa shape index (κ2) is 4.35. The number of ether oxygens (including phenoxy) is 1. The van der Waals surface area contributed by atoms with Crippen LogP contribution in [0.2, 0.25) is 0 Å². The summed E-state index contributed by atoms with van der Waals surface area (Å²) in [6, 6.07) is -0.0667. The third kappa shape index (κ3) is 2.15. The molecule has 1 fully saturated rings. The van der Waals surface area contributed by atoms with Crippen molar-refractivity contribution in [1.29, 1.82) is 0 Å². The second-order valence-corrected chi connectivity index (χ2v) is 4.10. The number of carbonyl (C=O) groups excluding carboxylic acids is 1. The lowest BCUT2D eigenvalue weighted by Gasteiger charge is -2.32. The first kappa shape index (κ1) is 11.3. The summed E-state index contributed by atoms with van der Waals surface area (Å²) >= 11 is 0. The first-order valence-electron chi connectivity index (χ1n) is 5.31. The van der Waals surface area contributed by atoms with Crippen molar-refractivity contribution in [2.24, 2.45) is 11.7 Å². The van der Waals surface area contributed by atoms with Gasteiger partial charge < -0.3 is 10.5 Å². The summed E-state index contributed by atoms with van der Waals surface area (Å²) in [6.07, 6.45) is 6.75.